The zero-order valence-corrected chi connectivity index (χ0v) is 20.0. The summed E-state index contributed by atoms with van der Waals surface area (Å²) in [5.41, 5.74) is 0.213. The van der Waals surface area contributed by atoms with E-state index in [0.717, 1.165) is 29.0 Å². The van der Waals surface area contributed by atoms with Crippen LogP contribution < -0.4 is 10.6 Å². The first kappa shape index (κ1) is 23.8. The highest BCUT2D eigenvalue weighted by Crippen LogP contribution is 2.41. The molecule has 184 valence electrons. The van der Waals surface area contributed by atoms with Crippen molar-refractivity contribution < 1.29 is 26.6 Å². The van der Waals surface area contributed by atoms with Crippen molar-refractivity contribution in [2.24, 2.45) is 0 Å². The van der Waals surface area contributed by atoms with E-state index in [4.69, 9.17) is 0 Å². The van der Waals surface area contributed by atoms with Crippen LogP contribution in [0.2, 0.25) is 0 Å². The maximum atomic E-state index is 14.7. The van der Waals surface area contributed by atoms with Gasteiger partial charge in [-0.15, -0.1) is 11.3 Å². The minimum atomic E-state index is -4.78. The number of alkyl halides is 3. The van der Waals surface area contributed by atoms with Gasteiger partial charge in [-0.3, -0.25) is 9.00 Å². The van der Waals surface area contributed by atoms with Gasteiger partial charge in [0, 0.05) is 32.1 Å². The zero-order chi connectivity index (χ0) is 24.9. The molecule has 5 rings (SSSR count). The van der Waals surface area contributed by atoms with Crippen molar-refractivity contribution in [2.75, 3.05) is 31.2 Å². The average Bonchev–Trinajstić information content (AvgIpc) is 3.23. The molecule has 4 heterocycles. The average molecular weight is 526 g/mol. The molecule has 1 amide bonds. The van der Waals surface area contributed by atoms with E-state index in [2.05, 4.69) is 20.6 Å². The van der Waals surface area contributed by atoms with Crippen LogP contribution in [0.25, 0.3) is 10.6 Å². The van der Waals surface area contributed by atoms with Crippen molar-refractivity contribution in [3.05, 3.63) is 51.8 Å². The van der Waals surface area contributed by atoms with Gasteiger partial charge >= 0.3 is 6.18 Å². The third-order valence-corrected chi connectivity index (χ3v) is 8.47. The number of amides is 1. The lowest BCUT2D eigenvalue weighted by Gasteiger charge is -2.19. The second-order valence-corrected chi connectivity index (χ2v) is 10.8. The lowest BCUT2D eigenvalue weighted by atomic mass is 10.00. The number of benzene rings is 1. The second kappa shape index (κ2) is 8.95. The Kier molecular flexibility index (Phi) is 6.09. The summed E-state index contributed by atoms with van der Waals surface area (Å²) in [6.45, 7) is 1.54. The highest BCUT2D eigenvalue weighted by Gasteiger charge is 2.37. The first-order valence-electron chi connectivity index (χ1n) is 10.6. The minimum Gasteiger partial charge on any atom is -0.340 e. The highest BCUT2D eigenvalue weighted by molar-refractivity contribution is 7.85. The van der Waals surface area contributed by atoms with Gasteiger partial charge in [-0.1, -0.05) is 0 Å². The first-order chi connectivity index (χ1) is 16.6. The summed E-state index contributed by atoms with van der Waals surface area (Å²) in [5.74, 6) is -1.03. The molecule has 7 nitrogen and oxygen atoms in total. The van der Waals surface area contributed by atoms with Crippen molar-refractivity contribution in [1.82, 2.24) is 20.2 Å². The molecule has 0 fully saturated rings. The molecule has 0 bridgehead atoms. The Bertz CT molecular complexity index is 1360. The number of anilines is 2. The van der Waals surface area contributed by atoms with E-state index in [1.54, 1.807) is 13.1 Å². The summed E-state index contributed by atoms with van der Waals surface area (Å²) < 4.78 is 68.7. The predicted octanol–water partition coefficient (Wildman–Crippen LogP) is 3.95. The van der Waals surface area contributed by atoms with E-state index in [1.165, 1.54) is 17.0 Å². The smallest absolute Gasteiger partial charge is 0.340 e. The Morgan fingerprint density at radius 3 is 2.80 bits per heavy atom. The third-order valence-electron chi connectivity index (χ3n) is 5.85. The summed E-state index contributed by atoms with van der Waals surface area (Å²) in [5, 5.41) is 5.84. The Labute approximate surface area is 204 Å². The van der Waals surface area contributed by atoms with Crippen LogP contribution in [0.4, 0.5) is 29.2 Å². The Morgan fingerprint density at radius 2 is 2.03 bits per heavy atom. The molecule has 35 heavy (non-hydrogen) atoms. The molecule has 2 aliphatic rings. The van der Waals surface area contributed by atoms with Gasteiger partial charge in [0.25, 0.3) is 5.91 Å². The number of halogens is 4. The van der Waals surface area contributed by atoms with Crippen molar-refractivity contribution in [2.45, 2.75) is 24.0 Å². The molecule has 1 atom stereocenters. The van der Waals surface area contributed by atoms with Crippen LogP contribution in [0.15, 0.2) is 29.3 Å². The van der Waals surface area contributed by atoms with Gasteiger partial charge in [0.15, 0.2) is 0 Å². The van der Waals surface area contributed by atoms with Crippen molar-refractivity contribution in [3.8, 4) is 10.6 Å². The Balaban J connectivity index is 1.58. The summed E-state index contributed by atoms with van der Waals surface area (Å²) in [6.07, 6.45) is -3.47. The second-order valence-electron chi connectivity index (χ2n) is 8.19. The van der Waals surface area contributed by atoms with E-state index in [9.17, 15) is 26.6 Å². The number of nitrogens with one attached hydrogen (secondary N) is 2. The zero-order valence-electron chi connectivity index (χ0n) is 18.3. The van der Waals surface area contributed by atoms with Crippen molar-refractivity contribution in [1.29, 1.82) is 0 Å². The van der Waals surface area contributed by atoms with Crippen molar-refractivity contribution >= 4 is 39.7 Å². The quantitative estimate of drug-likeness (QED) is 0.504. The number of hydrogen-bond acceptors (Lipinski definition) is 7. The standard InChI is InChI=1S/C22H19F4N5O2S2/c1-31-4-5-35(33)17-8-16(34-19(17)20(31)32)18-13(22(24,25)26)10-28-21(30-18)29-15-7-11-2-3-27-9-12(11)6-14(15)23/h6-8,10,27H,2-5,9H2,1H3,(H,28,29,30). The van der Waals surface area contributed by atoms with Crippen LogP contribution in [-0.4, -0.2) is 50.9 Å². The van der Waals surface area contributed by atoms with Gasteiger partial charge in [-0.05, 0) is 42.3 Å². The van der Waals surface area contributed by atoms with Crippen LogP contribution in [-0.2, 0) is 29.9 Å². The van der Waals surface area contributed by atoms with E-state index in [0.29, 0.717) is 19.2 Å². The monoisotopic (exact) mass is 525 g/mol. The summed E-state index contributed by atoms with van der Waals surface area (Å²) in [4.78, 5) is 22.2. The van der Waals surface area contributed by atoms with Gasteiger partial charge in [0.2, 0.25) is 5.95 Å². The van der Waals surface area contributed by atoms with Gasteiger partial charge in [0.1, 0.15) is 16.3 Å². The number of thiophene rings is 1. The van der Waals surface area contributed by atoms with Gasteiger partial charge in [-0.2, -0.15) is 13.2 Å². The van der Waals surface area contributed by atoms with Crippen LogP contribution in [0.3, 0.4) is 0 Å². The topological polar surface area (TPSA) is 87.2 Å². The number of rotatable bonds is 3. The number of nitrogens with zero attached hydrogens (tertiary/aromatic N) is 3. The molecule has 0 radical (unpaired) electrons. The normalized spacial score (nSPS) is 18.1. The molecule has 0 aliphatic carbocycles. The van der Waals surface area contributed by atoms with Crippen LogP contribution in [0, 0.1) is 5.82 Å². The highest BCUT2D eigenvalue weighted by atomic mass is 32.2. The van der Waals surface area contributed by atoms with Crippen LogP contribution in [0.5, 0.6) is 0 Å². The number of hydrogen-bond donors (Lipinski definition) is 2. The molecule has 2 aromatic heterocycles. The molecule has 0 spiro atoms. The summed E-state index contributed by atoms with van der Waals surface area (Å²) in [7, 11) is 0.00356. The van der Waals surface area contributed by atoms with Crippen LogP contribution >= 0.6 is 11.3 Å². The fraction of sp³-hybridized carbons (Fsp3) is 0.318. The first-order valence-corrected chi connectivity index (χ1v) is 12.8. The minimum absolute atomic E-state index is 0.0294. The van der Waals surface area contributed by atoms with E-state index < -0.39 is 40.0 Å². The Morgan fingerprint density at radius 1 is 1.23 bits per heavy atom. The molecular weight excluding hydrogens is 506 g/mol. The molecule has 0 saturated heterocycles. The third kappa shape index (κ3) is 4.55. The fourth-order valence-corrected chi connectivity index (χ4v) is 6.70. The van der Waals surface area contributed by atoms with E-state index in [1.807, 2.05) is 0 Å². The molecule has 2 N–H and O–H groups in total. The van der Waals surface area contributed by atoms with E-state index in [-0.39, 0.29) is 38.6 Å². The lowest BCUT2D eigenvalue weighted by Crippen LogP contribution is -2.27. The number of carbonyl (C=O) groups excluding carboxylic acids is 1. The van der Waals surface area contributed by atoms with Gasteiger partial charge in [-0.25, -0.2) is 14.4 Å². The number of fused-ring (bicyclic) bond motifs is 2. The number of carbonyl (C=O) groups is 1. The molecule has 1 unspecified atom stereocenters. The molecule has 1 aromatic carbocycles. The maximum absolute atomic E-state index is 14.7. The molecule has 3 aromatic rings. The maximum Gasteiger partial charge on any atom is 0.420 e. The van der Waals surface area contributed by atoms with E-state index >= 15 is 0 Å². The summed E-state index contributed by atoms with van der Waals surface area (Å²) in [6, 6.07) is 4.31. The van der Waals surface area contributed by atoms with Crippen LogP contribution in [0.1, 0.15) is 26.4 Å². The Hall–Kier alpha value is -2.90. The molecule has 13 heteroatoms. The molecule has 2 aliphatic heterocycles. The predicted molar refractivity (Wildman–Crippen MR) is 124 cm³/mol. The fourth-order valence-electron chi connectivity index (χ4n) is 3.97. The molecule has 0 saturated carbocycles. The lowest BCUT2D eigenvalue weighted by molar-refractivity contribution is -0.137. The number of aromatic nitrogens is 2. The largest absolute Gasteiger partial charge is 0.420 e. The van der Waals surface area contributed by atoms with Crippen molar-refractivity contribution in [3.63, 3.8) is 0 Å². The SMILES string of the molecule is CN1CCS(=O)c2cc(-c3nc(Nc4cc5c(cc4F)CNCC5)ncc3C(F)(F)F)sc2C1=O. The van der Waals surface area contributed by atoms with Gasteiger partial charge in [0.05, 0.1) is 32.0 Å². The summed E-state index contributed by atoms with van der Waals surface area (Å²) >= 11 is 0.801. The van der Waals surface area contributed by atoms with Gasteiger partial charge < -0.3 is 15.5 Å². The molecular formula is C22H19F4N5O2S2.